The molecule has 0 saturated carbocycles. The molecular weight excluding hydrogens is 392 g/mol. The predicted octanol–water partition coefficient (Wildman–Crippen LogP) is 4.33. The van der Waals surface area contributed by atoms with Crippen molar-refractivity contribution in [1.82, 2.24) is 9.88 Å². The third kappa shape index (κ3) is 4.97. The number of oxazole rings is 1. The van der Waals surface area contributed by atoms with Gasteiger partial charge in [-0.2, -0.15) is 0 Å². The zero-order valence-corrected chi connectivity index (χ0v) is 18.3. The predicted molar refractivity (Wildman–Crippen MR) is 118 cm³/mol. The number of carbonyl (C=O) groups excluding carboxylic acids is 1. The highest BCUT2D eigenvalue weighted by molar-refractivity contribution is 5.76. The molecule has 0 aliphatic carbocycles. The van der Waals surface area contributed by atoms with E-state index in [2.05, 4.69) is 28.9 Å². The van der Waals surface area contributed by atoms with Crippen LogP contribution in [0.25, 0.3) is 11.5 Å². The molecule has 0 unspecified atom stereocenters. The van der Waals surface area contributed by atoms with Crippen LogP contribution in [0.2, 0.25) is 0 Å². The molecule has 2 heterocycles. The number of esters is 1. The summed E-state index contributed by atoms with van der Waals surface area (Å²) in [4.78, 5) is 18.5. The van der Waals surface area contributed by atoms with Crippen LogP contribution in [0.1, 0.15) is 29.0 Å². The van der Waals surface area contributed by atoms with E-state index in [0.717, 1.165) is 47.8 Å². The van der Waals surface area contributed by atoms with Crippen molar-refractivity contribution in [2.75, 3.05) is 20.3 Å². The molecule has 6 nitrogen and oxygen atoms in total. The van der Waals surface area contributed by atoms with E-state index < -0.39 is 0 Å². The van der Waals surface area contributed by atoms with Crippen LogP contribution in [0.4, 0.5) is 0 Å². The van der Waals surface area contributed by atoms with Crippen LogP contribution < -0.4 is 4.74 Å². The van der Waals surface area contributed by atoms with Gasteiger partial charge in [-0.25, -0.2) is 4.98 Å². The standard InChI is InChI=1S/C25H28N2O4/c1-17-4-8-20(9-5-17)24-26-22(18(2)31-24)13-15-30-21-10-6-19(7-11-21)16-27-14-12-23(27)25(28)29-3/h4-11,23H,12-16H2,1-3H3/t23-/m1/s1. The maximum Gasteiger partial charge on any atom is 0.323 e. The molecular formula is C25H28N2O4. The molecule has 31 heavy (non-hydrogen) atoms. The molecule has 0 spiro atoms. The van der Waals surface area contributed by atoms with Crippen LogP contribution in [-0.2, 0) is 22.5 Å². The van der Waals surface area contributed by atoms with Crippen LogP contribution in [-0.4, -0.2) is 42.2 Å². The molecule has 1 aliphatic heterocycles. The number of methoxy groups -OCH3 is 1. The first-order valence-corrected chi connectivity index (χ1v) is 10.6. The molecule has 6 heteroatoms. The molecule has 1 fully saturated rings. The number of rotatable bonds is 8. The second-order valence-corrected chi connectivity index (χ2v) is 7.93. The lowest BCUT2D eigenvalue weighted by molar-refractivity contribution is -0.152. The molecule has 1 saturated heterocycles. The highest BCUT2D eigenvalue weighted by Crippen LogP contribution is 2.24. The Labute approximate surface area is 182 Å². The van der Waals surface area contributed by atoms with Crippen LogP contribution in [0.5, 0.6) is 5.75 Å². The second-order valence-electron chi connectivity index (χ2n) is 7.93. The van der Waals surface area contributed by atoms with Gasteiger partial charge in [0.2, 0.25) is 5.89 Å². The summed E-state index contributed by atoms with van der Waals surface area (Å²) in [7, 11) is 1.44. The van der Waals surface area contributed by atoms with Gasteiger partial charge in [-0.15, -0.1) is 0 Å². The third-order valence-corrected chi connectivity index (χ3v) is 5.71. The number of aryl methyl sites for hydroxylation is 2. The summed E-state index contributed by atoms with van der Waals surface area (Å²) in [6, 6.07) is 16.1. The lowest BCUT2D eigenvalue weighted by Gasteiger charge is -2.38. The van der Waals surface area contributed by atoms with E-state index in [1.54, 1.807) is 0 Å². The highest BCUT2D eigenvalue weighted by atomic mass is 16.5. The SMILES string of the molecule is COC(=O)[C@H]1CCN1Cc1ccc(OCCc2nc(-c3ccc(C)cc3)oc2C)cc1. The maximum absolute atomic E-state index is 11.7. The first kappa shape index (κ1) is 21.1. The van der Waals surface area contributed by atoms with Gasteiger partial charge in [0, 0.05) is 25.1 Å². The molecule has 3 aromatic rings. The lowest BCUT2D eigenvalue weighted by atomic mass is 10.0. The molecule has 0 radical (unpaired) electrons. The summed E-state index contributed by atoms with van der Waals surface area (Å²) in [5.74, 6) is 2.13. The Kier molecular flexibility index (Phi) is 6.37. The molecule has 0 N–H and O–H groups in total. The van der Waals surface area contributed by atoms with Gasteiger partial charge in [-0.3, -0.25) is 9.69 Å². The van der Waals surface area contributed by atoms with Crippen molar-refractivity contribution in [3.05, 3.63) is 71.1 Å². The van der Waals surface area contributed by atoms with Gasteiger partial charge in [0.25, 0.3) is 0 Å². The summed E-state index contributed by atoms with van der Waals surface area (Å²) in [5, 5.41) is 0. The fourth-order valence-corrected chi connectivity index (χ4v) is 3.70. The Bertz CT molecular complexity index is 1020. The first-order valence-electron chi connectivity index (χ1n) is 10.6. The number of nitrogens with zero attached hydrogens (tertiary/aromatic N) is 2. The molecule has 0 amide bonds. The van der Waals surface area contributed by atoms with Crippen molar-refractivity contribution in [2.45, 2.75) is 39.3 Å². The summed E-state index contributed by atoms with van der Waals surface area (Å²) in [6.07, 6.45) is 1.54. The van der Waals surface area contributed by atoms with E-state index in [0.29, 0.717) is 18.9 Å². The Morgan fingerprint density at radius 1 is 1.13 bits per heavy atom. The molecule has 4 rings (SSSR count). The van der Waals surface area contributed by atoms with Crippen molar-refractivity contribution in [2.24, 2.45) is 0 Å². The smallest absolute Gasteiger partial charge is 0.323 e. The minimum absolute atomic E-state index is 0.114. The largest absolute Gasteiger partial charge is 0.493 e. The minimum Gasteiger partial charge on any atom is -0.493 e. The molecule has 162 valence electrons. The van der Waals surface area contributed by atoms with E-state index >= 15 is 0 Å². The number of hydrogen-bond acceptors (Lipinski definition) is 6. The van der Waals surface area contributed by atoms with Gasteiger partial charge in [-0.05, 0) is 50.1 Å². The van der Waals surface area contributed by atoms with Gasteiger partial charge in [0.1, 0.15) is 17.6 Å². The highest BCUT2D eigenvalue weighted by Gasteiger charge is 2.34. The number of ether oxygens (including phenoxy) is 2. The Hall–Kier alpha value is -3.12. The number of hydrogen-bond donors (Lipinski definition) is 0. The fraction of sp³-hybridized carbons (Fsp3) is 0.360. The van der Waals surface area contributed by atoms with Gasteiger partial charge < -0.3 is 13.9 Å². The van der Waals surface area contributed by atoms with Gasteiger partial charge in [0.15, 0.2) is 0 Å². The lowest BCUT2D eigenvalue weighted by Crippen LogP contribution is -2.52. The summed E-state index contributed by atoms with van der Waals surface area (Å²) >= 11 is 0. The van der Waals surface area contributed by atoms with Gasteiger partial charge in [-0.1, -0.05) is 29.8 Å². The van der Waals surface area contributed by atoms with Crippen molar-refractivity contribution >= 4 is 5.97 Å². The topological polar surface area (TPSA) is 64.8 Å². The normalized spacial score (nSPS) is 16.0. The maximum atomic E-state index is 11.7. The average Bonchev–Trinajstić information content (AvgIpc) is 3.13. The zero-order valence-electron chi connectivity index (χ0n) is 18.3. The fourth-order valence-electron chi connectivity index (χ4n) is 3.70. The number of aromatic nitrogens is 1. The summed E-state index contributed by atoms with van der Waals surface area (Å²) in [6.45, 7) is 6.17. The first-order chi connectivity index (χ1) is 15.0. The van der Waals surface area contributed by atoms with Crippen molar-refractivity contribution < 1.29 is 18.7 Å². The van der Waals surface area contributed by atoms with E-state index in [9.17, 15) is 4.79 Å². The van der Waals surface area contributed by atoms with Gasteiger partial charge >= 0.3 is 5.97 Å². The monoisotopic (exact) mass is 420 g/mol. The Morgan fingerprint density at radius 3 is 2.52 bits per heavy atom. The summed E-state index contributed by atoms with van der Waals surface area (Å²) in [5.41, 5.74) is 4.25. The van der Waals surface area contributed by atoms with Crippen molar-refractivity contribution in [3.8, 4) is 17.2 Å². The van der Waals surface area contributed by atoms with Crippen LogP contribution >= 0.6 is 0 Å². The zero-order chi connectivity index (χ0) is 21.8. The second kappa shape index (κ2) is 9.35. The molecule has 1 aromatic heterocycles. The number of benzene rings is 2. The van der Waals surface area contributed by atoms with Crippen molar-refractivity contribution in [3.63, 3.8) is 0 Å². The van der Waals surface area contributed by atoms with Crippen molar-refractivity contribution in [1.29, 1.82) is 0 Å². The van der Waals surface area contributed by atoms with E-state index in [-0.39, 0.29) is 12.0 Å². The molecule has 2 aromatic carbocycles. The van der Waals surface area contributed by atoms with Gasteiger partial charge in [0.05, 0.1) is 19.4 Å². The number of carbonyl (C=O) groups is 1. The van der Waals surface area contributed by atoms with Crippen LogP contribution in [0.15, 0.2) is 52.9 Å². The Morgan fingerprint density at radius 2 is 1.87 bits per heavy atom. The van der Waals surface area contributed by atoms with E-state index in [1.807, 2.05) is 43.3 Å². The quantitative estimate of drug-likeness (QED) is 0.506. The summed E-state index contributed by atoms with van der Waals surface area (Å²) < 4.78 is 16.6. The van der Waals surface area contributed by atoms with Crippen LogP contribution in [0, 0.1) is 13.8 Å². The van der Waals surface area contributed by atoms with Crippen LogP contribution in [0.3, 0.4) is 0 Å². The number of likely N-dealkylation sites (tertiary alicyclic amines) is 1. The average molecular weight is 421 g/mol. The van der Waals surface area contributed by atoms with E-state index in [1.165, 1.54) is 12.7 Å². The molecule has 1 atom stereocenters. The third-order valence-electron chi connectivity index (χ3n) is 5.71. The Balaban J connectivity index is 1.28. The molecule has 1 aliphatic rings. The molecule has 0 bridgehead atoms. The van der Waals surface area contributed by atoms with E-state index in [4.69, 9.17) is 13.9 Å². The minimum atomic E-state index is -0.153.